The molecule has 1 aliphatic carbocycles. The molecule has 0 spiro atoms. The number of Topliss-reactive ketones (excluding diaryl/α,β-unsaturated/α-hetero) is 1. The van der Waals surface area contributed by atoms with Crippen molar-refractivity contribution in [3.05, 3.63) is 53.1 Å². The van der Waals surface area contributed by atoms with Crippen molar-refractivity contribution in [3.8, 4) is 0 Å². The van der Waals surface area contributed by atoms with Gasteiger partial charge < -0.3 is 9.80 Å². The van der Waals surface area contributed by atoms with Gasteiger partial charge in [-0.25, -0.2) is 14.4 Å². The Balaban J connectivity index is 1.62. The Bertz CT molecular complexity index is 802. The van der Waals surface area contributed by atoms with E-state index in [1.807, 2.05) is 6.07 Å². The highest BCUT2D eigenvalue weighted by Gasteiger charge is 2.30. The van der Waals surface area contributed by atoms with Crippen LogP contribution in [0.4, 0.5) is 10.3 Å². The smallest absolute Gasteiger partial charge is 0.225 e. The standard InChI is InChI=1S/C19H21FN4O/c1-23-6-8-24(9-7-23)19-21-12-15-17(22-19)10-13(11-18(15)25)14-4-2-3-5-16(14)20/h2-5,12-13H,6-11H2,1H3/t13-/m0/s1. The summed E-state index contributed by atoms with van der Waals surface area (Å²) in [6, 6.07) is 6.70. The van der Waals surface area contributed by atoms with E-state index in [0.717, 1.165) is 31.9 Å². The number of rotatable bonds is 2. The summed E-state index contributed by atoms with van der Waals surface area (Å²) >= 11 is 0. The molecule has 25 heavy (non-hydrogen) atoms. The van der Waals surface area contributed by atoms with Crippen LogP contribution in [0.25, 0.3) is 0 Å². The Kier molecular flexibility index (Phi) is 4.21. The number of hydrogen-bond donors (Lipinski definition) is 0. The summed E-state index contributed by atoms with van der Waals surface area (Å²) in [6.07, 6.45) is 2.53. The molecular weight excluding hydrogens is 319 g/mol. The van der Waals surface area contributed by atoms with Crippen molar-refractivity contribution in [2.45, 2.75) is 18.8 Å². The van der Waals surface area contributed by atoms with Gasteiger partial charge in [0.05, 0.1) is 11.3 Å². The summed E-state index contributed by atoms with van der Waals surface area (Å²) in [7, 11) is 2.10. The maximum Gasteiger partial charge on any atom is 0.225 e. The Labute approximate surface area is 146 Å². The van der Waals surface area contributed by atoms with Crippen LogP contribution in [0.2, 0.25) is 0 Å². The molecule has 4 rings (SSSR count). The number of aromatic nitrogens is 2. The lowest BCUT2D eigenvalue weighted by Gasteiger charge is -2.33. The molecule has 1 aliphatic heterocycles. The van der Waals surface area contributed by atoms with E-state index in [4.69, 9.17) is 0 Å². The third-order valence-electron chi connectivity index (χ3n) is 5.16. The fourth-order valence-corrected chi connectivity index (χ4v) is 3.62. The number of carbonyl (C=O) groups is 1. The number of carbonyl (C=O) groups excluding carboxylic acids is 1. The summed E-state index contributed by atoms with van der Waals surface area (Å²) < 4.78 is 14.1. The van der Waals surface area contributed by atoms with Crippen LogP contribution in [0.3, 0.4) is 0 Å². The number of ketones is 1. The number of likely N-dealkylation sites (N-methyl/N-ethyl adjacent to an activating group) is 1. The number of piperazine rings is 1. The van der Waals surface area contributed by atoms with Crippen molar-refractivity contribution < 1.29 is 9.18 Å². The lowest BCUT2D eigenvalue weighted by Crippen LogP contribution is -2.45. The molecular formula is C19H21FN4O. The first-order valence-electron chi connectivity index (χ1n) is 8.69. The predicted octanol–water partition coefficient (Wildman–Crippen LogP) is 2.28. The molecule has 2 aromatic rings. The van der Waals surface area contributed by atoms with E-state index in [0.29, 0.717) is 29.9 Å². The largest absolute Gasteiger partial charge is 0.338 e. The van der Waals surface area contributed by atoms with Crippen LogP contribution < -0.4 is 4.90 Å². The van der Waals surface area contributed by atoms with Gasteiger partial charge in [-0.3, -0.25) is 4.79 Å². The number of nitrogens with zero attached hydrogens (tertiary/aromatic N) is 4. The molecule has 6 heteroatoms. The minimum Gasteiger partial charge on any atom is -0.338 e. The van der Waals surface area contributed by atoms with Gasteiger partial charge in [-0.15, -0.1) is 0 Å². The minimum atomic E-state index is -0.253. The lowest BCUT2D eigenvalue weighted by molar-refractivity contribution is 0.0962. The summed E-state index contributed by atoms with van der Waals surface area (Å²) in [5.41, 5.74) is 1.93. The molecule has 5 nitrogen and oxygen atoms in total. The highest BCUT2D eigenvalue weighted by atomic mass is 19.1. The van der Waals surface area contributed by atoms with E-state index in [-0.39, 0.29) is 17.5 Å². The molecule has 0 N–H and O–H groups in total. The van der Waals surface area contributed by atoms with Crippen LogP contribution in [0.15, 0.2) is 30.5 Å². The quantitative estimate of drug-likeness (QED) is 0.839. The van der Waals surface area contributed by atoms with Crippen molar-refractivity contribution >= 4 is 11.7 Å². The summed E-state index contributed by atoms with van der Waals surface area (Å²) in [5, 5.41) is 0. The van der Waals surface area contributed by atoms with Gasteiger partial charge in [0.1, 0.15) is 5.82 Å². The zero-order valence-corrected chi connectivity index (χ0v) is 14.3. The van der Waals surface area contributed by atoms with Crippen LogP contribution in [0.1, 0.15) is 34.0 Å². The van der Waals surface area contributed by atoms with E-state index in [9.17, 15) is 9.18 Å². The third-order valence-corrected chi connectivity index (χ3v) is 5.16. The van der Waals surface area contributed by atoms with E-state index in [1.54, 1.807) is 18.3 Å². The van der Waals surface area contributed by atoms with Gasteiger partial charge in [0.2, 0.25) is 5.95 Å². The van der Waals surface area contributed by atoms with Crippen molar-refractivity contribution in [2.75, 3.05) is 38.1 Å². The fraction of sp³-hybridized carbons (Fsp3) is 0.421. The number of halogens is 1. The average molecular weight is 340 g/mol. The second kappa shape index (κ2) is 6.52. The van der Waals surface area contributed by atoms with E-state index in [2.05, 4.69) is 26.8 Å². The highest BCUT2D eigenvalue weighted by Crippen LogP contribution is 2.33. The van der Waals surface area contributed by atoms with Crippen LogP contribution >= 0.6 is 0 Å². The first-order valence-corrected chi connectivity index (χ1v) is 8.69. The Morgan fingerprint density at radius 3 is 2.64 bits per heavy atom. The summed E-state index contributed by atoms with van der Waals surface area (Å²) in [5.74, 6) is 0.266. The van der Waals surface area contributed by atoms with Gasteiger partial charge in [0.25, 0.3) is 0 Å². The SMILES string of the molecule is CN1CCN(c2ncc3c(n2)C[C@H](c2ccccc2F)CC3=O)CC1. The van der Waals surface area contributed by atoms with Crippen LogP contribution in [-0.2, 0) is 6.42 Å². The molecule has 1 aromatic heterocycles. The zero-order chi connectivity index (χ0) is 17.4. The average Bonchev–Trinajstić information content (AvgIpc) is 2.62. The topological polar surface area (TPSA) is 49.3 Å². The van der Waals surface area contributed by atoms with Crippen LogP contribution in [0, 0.1) is 5.82 Å². The van der Waals surface area contributed by atoms with Gasteiger partial charge in [-0.1, -0.05) is 18.2 Å². The molecule has 0 amide bonds. The molecule has 1 fully saturated rings. The molecule has 0 bridgehead atoms. The van der Waals surface area contributed by atoms with Gasteiger partial charge in [0.15, 0.2) is 5.78 Å². The summed E-state index contributed by atoms with van der Waals surface area (Å²) in [4.78, 5) is 26.0. The van der Waals surface area contributed by atoms with Crippen molar-refractivity contribution in [1.29, 1.82) is 0 Å². The third kappa shape index (κ3) is 3.14. The Hall–Kier alpha value is -2.34. The second-order valence-electron chi connectivity index (χ2n) is 6.87. The summed E-state index contributed by atoms with van der Waals surface area (Å²) in [6.45, 7) is 3.69. The van der Waals surface area contributed by atoms with E-state index in [1.165, 1.54) is 6.07 Å². The van der Waals surface area contributed by atoms with Crippen molar-refractivity contribution in [1.82, 2.24) is 14.9 Å². The monoisotopic (exact) mass is 340 g/mol. The van der Waals surface area contributed by atoms with Gasteiger partial charge in [-0.2, -0.15) is 0 Å². The fourth-order valence-electron chi connectivity index (χ4n) is 3.62. The second-order valence-corrected chi connectivity index (χ2v) is 6.87. The number of fused-ring (bicyclic) bond motifs is 1. The van der Waals surface area contributed by atoms with E-state index < -0.39 is 0 Å². The number of anilines is 1. The van der Waals surface area contributed by atoms with Crippen LogP contribution in [-0.4, -0.2) is 53.9 Å². The maximum atomic E-state index is 14.1. The molecule has 0 unspecified atom stereocenters. The van der Waals surface area contributed by atoms with Gasteiger partial charge >= 0.3 is 0 Å². The Morgan fingerprint density at radius 1 is 1.12 bits per heavy atom. The first-order chi connectivity index (χ1) is 12.1. The van der Waals surface area contributed by atoms with E-state index >= 15 is 0 Å². The molecule has 0 radical (unpaired) electrons. The molecule has 1 saturated heterocycles. The molecule has 130 valence electrons. The lowest BCUT2D eigenvalue weighted by atomic mass is 9.82. The molecule has 2 aliphatic rings. The highest BCUT2D eigenvalue weighted by molar-refractivity contribution is 5.98. The van der Waals surface area contributed by atoms with Crippen LogP contribution in [0.5, 0.6) is 0 Å². The molecule has 0 saturated carbocycles. The number of hydrogen-bond acceptors (Lipinski definition) is 5. The predicted molar refractivity (Wildman–Crippen MR) is 93.5 cm³/mol. The normalized spacial score (nSPS) is 21.3. The molecule has 1 atom stereocenters. The minimum absolute atomic E-state index is 0.000527. The van der Waals surface area contributed by atoms with Gasteiger partial charge in [-0.05, 0) is 31.0 Å². The van der Waals surface area contributed by atoms with Gasteiger partial charge in [0, 0.05) is 38.8 Å². The molecule has 1 aromatic carbocycles. The zero-order valence-electron chi connectivity index (χ0n) is 14.3. The van der Waals surface area contributed by atoms with Crippen molar-refractivity contribution in [2.24, 2.45) is 0 Å². The Morgan fingerprint density at radius 2 is 1.88 bits per heavy atom. The molecule has 2 heterocycles. The van der Waals surface area contributed by atoms with Crippen molar-refractivity contribution in [3.63, 3.8) is 0 Å². The maximum absolute atomic E-state index is 14.1. The number of benzene rings is 1. The first kappa shape index (κ1) is 16.1.